The van der Waals surface area contributed by atoms with Crippen LogP contribution in [0.25, 0.3) is 11.0 Å². The molecule has 0 saturated carbocycles. The van der Waals surface area contributed by atoms with Crippen molar-refractivity contribution in [3.8, 4) is 0 Å². The molecule has 3 aromatic carbocycles. The molecule has 0 radical (unpaired) electrons. The number of hydrogen-bond donors (Lipinski definition) is 1. The predicted molar refractivity (Wildman–Crippen MR) is 132 cm³/mol. The molecule has 0 aliphatic rings. The van der Waals surface area contributed by atoms with Crippen molar-refractivity contribution in [1.29, 1.82) is 0 Å². The van der Waals surface area contributed by atoms with Gasteiger partial charge in [0.15, 0.2) is 0 Å². The molecule has 1 N–H and O–H groups in total. The Kier molecular flexibility index (Phi) is 6.40. The molecule has 1 heterocycles. The van der Waals surface area contributed by atoms with E-state index in [0.717, 1.165) is 29.0 Å². The third kappa shape index (κ3) is 4.91. The van der Waals surface area contributed by atoms with E-state index in [2.05, 4.69) is 50.4 Å². The maximum absolute atomic E-state index is 12.9. The summed E-state index contributed by atoms with van der Waals surface area (Å²) in [4.78, 5) is 17.8. The summed E-state index contributed by atoms with van der Waals surface area (Å²) in [5.41, 5.74) is 6.41. The lowest BCUT2D eigenvalue weighted by Crippen LogP contribution is -2.21. The van der Waals surface area contributed by atoms with E-state index in [-0.39, 0.29) is 18.4 Å². The molecule has 1 unspecified atom stereocenters. The Morgan fingerprint density at radius 1 is 0.938 bits per heavy atom. The van der Waals surface area contributed by atoms with Crippen molar-refractivity contribution in [2.75, 3.05) is 5.32 Å². The maximum Gasteiger partial charge on any atom is 0.244 e. The molecule has 1 atom stereocenters. The van der Waals surface area contributed by atoms with Crippen LogP contribution in [0.15, 0.2) is 72.8 Å². The van der Waals surface area contributed by atoms with Gasteiger partial charge in [-0.3, -0.25) is 4.79 Å². The van der Waals surface area contributed by atoms with Gasteiger partial charge in [0.2, 0.25) is 5.91 Å². The van der Waals surface area contributed by atoms with Crippen molar-refractivity contribution in [2.45, 2.75) is 46.6 Å². The largest absolute Gasteiger partial charge is 0.325 e. The number of aromatic nitrogens is 2. The van der Waals surface area contributed by atoms with Crippen molar-refractivity contribution >= 4 is 22.6 Å². The first-order valence-corrected chi connectivity index (χ1v) is 11.3. The van der Waals surface area contributed by atoms with Crippen LogP contribution in [0.2, 0.25) is 0 Å². The van der Waals surface area contributed by atoms with Gasteiger partial charge in [0.05, 0.1) is 11.0 Å². The number of para-hydroxylation sites is 2. The number of amides is 1. The number of fused-ring (bicyclic) bond motifs is 1. The number of carbonyl (C=O) groups is 1. The van der Waals surface area contributed by atoms with Gasteiger partial charge in [0.25, 0.3) is 0 Å². The molecule has 4 rings (SSSR count). The maximum atomic E-state index is 12.9. The molecule has 164 valence electrons. The number of nitrogens with zero attached hydrogens (tertiary/aromatic N) is 2. The number of anilines is 1. The Morgan fingerprint density at radius 3 is 2.31 bits per heavy atom. The minimum Gasteiger partial charge on any atom is -0.325 e. The standard InChI is InChI=1S/C28H31N3O/c1-19(2)17-22-11-13-23(14-12-22)21(4)28-30-25-7-5-6-8-26(25)31(28)18-27(32)29-24-15-9-20(3)10-16-24/h5-16,19,21H,17-18H2,1-4H3,(H,29,32). The number of benzene rings is 3. The SMILES string of the molecule is Cc1ccc(NC(=O)Cn2c(C(C)c3ccc(CC(C)C)cc3)nc3ccccc32)cc1. The highest BCUT2D eigenvalue weighted by atomic mass is 16.1. The summed E-state index contributed by atoms with van der Waals surface area (Å²) in [6.07, 6.45) is 1.08. The first kappa shape index (κ1) is 21.8. The van der Waals surface area contributed by atoms with E-state index in [1.165, 1.54) is 16.7 Å². The van der Waals surface area contributed by atoms with Gasteiger partial charge >= 0.3 is 0 Å². The van der Waals surface area contributed by atoms with E-state index in [0.29, 0.717) is 5.92 Å². The smallest absolute Gasteiger partial charge is 0.244 e. The highest BCUT2D eigenvalue weighted by Crippen LogP contribution is 2.28. The van der Waals surface area contributed by atoms with E-state index in [4.69, 9.17) is 4.98 Å². The van der Waals surface area contributed by atoms with E-state index >= 15 is 0 Å². The van der Waals surface area contributed by atoms with Crippen molar-refractivity contribution in [1.82, 2.24) is 9.55 Å². The summed E-state index contributed by atoms with van der Waals surface area (Å²) in [5, 5.41) is 3.02. The van der Waals surface area contributed by atoms with Crippen molar-refractivity contribution in [3.63, 3.8) is 0 Å². The Labute approximate surface area is 190 Å². The minimum atomic E-state index is -0.0577. The summed E-state index contributed by atoms with van der Waals surface area (Å²) in [5.74, 6) is 1.55. The summed E-state index contributed by atoms with van der Waals surface area (Å²) in [6, 6.07) is 24.7. The van der Waals surface area contributed by atoms with Crippen LogP contribution in [0.3, 0.4) is 0 Å². The third-order valence-electron chi connectivity index (χ3n) is 5.83. The van der Waals surface area contributed by atoms with Gasteiger partial charge in [-0.25, -0.2) is 4.98 Å². The average molecular weight is 426 g/mol. The van der Waals surface area contributed by atoms with Gasteiger partial charge in [-0.05, 0) is 54.7 Å². The van der Waals surface area contributed by atoms with Crippen LogP contribution >= 0.6 is 0 Å². The summed E-state index contributed by atoms with van der Waals surface area (Å²) in [6.45, 7) is 8.89. The van der Waals surface area contributed by atoms with E-state index in [1.54, 1.807) is 0 Å². The lowest BCUT2D eigenvalue weighted by molar-refractivity contribution is -0.116. The van der Waals surface area contributed by atoms with Crippen LogP contribution in [0, 0.1) is 12.8 Å². The molecule has 1 amide bonds. The van der Waals surface area contributed by atoms with E-state index < -0.39 is 0 Å². The fourth-order valence-corrected chi connectivity index (χ4v) is 4.13. The first-order valence-electron chi connectivity index (χ1n) is 11.3. The van der Waals surface area contributed by atoms with Gasteiger partial charge in [0, 0.05) is 11.6 Å². The molecule has 1 aromatic heterocycles. The second-order valence-electron chi connectivity index (χ2n) is 9.02. The van der Waals surface area contributed by atoms with Crippen molar-refractivity contribution in [3.05, 3.63) is 95.3 Å². The first-order chi connectivity index (χ1) is 15.4. The second kappa shape index (κ2) is 9.39. The zero-order valence-corrected chi connectivity index (χ0v) is 19.3. The van der Waals surface area contributed by atoms with Crippen LogP contribution in [0.5, 0.6) is 0 Å². The molecule has 4 heteroatoms. The van der Waals surface area contributed by atoms with Crippen molar-refractivity contribution in [2.24, 2.45) is 5.92 Å². The molecule has 0 saturated heterocycles. The summed E-state index contributed by atoms with van der Waals surface area (Å²) in [7, 11) is 0. The minimum absolute atomic E-state index is 0.0577. The van der Waals surface area contributed by atoms with Gasteiger partial charge in [-0.15, -0.1) is 0 Å². The Hall–Kier alpha value is -3.40. The number of hydrogen-bond acceptors (Lipinski definition) is 2. The number of rotatable bonds is 7. The number of aryl methyl sites for hydroxylation is 1. The molecule has 0 aliphatic heterocycles. The van der Waals surface area contributed by atoms with Crippen molar-refractivity contribution < 1.29 is 4.79 Å². The summed E-state index contributed by atoms with van der Waals surface area (Å²) < 4.78 is 2.05. The second-order valence-corrected chi connectivity index (χ2v) is 9.02. The van der Waals surface area contributed by atoms with Crippen LogP contribution in [-0.2, 0) is 17.8 Å². The fraction of sp³-hybridized carbons (Fsp3) is 0.286. The van der Waals surface area contributed by atoms with Crippen LogP contribution in [0.1, 0.15) is 49.2 Å². The topological polar surface area (TPSA) is 46.9 Å². The third-order valence-corrected chi connectivity index (χ3v) is 5.83. The molecule has 4 nitrogen and oxygen atoms in total. The lowest BCUT2D eigenvalue weighted by Gasteiger charge is -2.16. The quantitative estimate of drug-likeness (QED) is 0.376. The van der Waals surface area contributed by atoms with E-state index in [9.17, 15) is 4.79 Å². The molecular weight excluding hydrogens is 394 g/mol. The molecule has 0 fully saturated rings. The van der Waals surface area contributed by atoms with Crippen LogP contribution < -0.4 is 5.32 Å². The van der Waals surface area contributed by atoms with Gasteiger partial charge in [0.1, 0.15) is 12.4 Å². The van der Waals surface area contributed by atoms with Crippen LogP contribution in [-0.4, -0.2) is 15.5 Å². The Bertz CT molecular complexity index is 1200. The molecule has 0 spiro atoms. The van der Waals surface area contributed by atoms with Gasteiger partial charge < -0.3 is 9.88 Å². The summed E-state index contributed by atoms with van der Waals surface area (Å²) >= 11 is 0. The number of imidazole rings is 1. The molecule has 0 aliphatic carbocycles. The normalized spacial score (nSPS) is 12.3. The average Bonchev–Trinajstić information content (AvgIpc) is 3.13. The highest BCUT2D eigenvalue weighted by Gasteiger charge is 2.20. The predicted octanol–water partition coefficient (Wildman–Crippen LogP) is 6.33. The highest BCUT2D eigenvalue weighted by molar-refractivity contribution is 5.91. The van der Waals surface area contributed by atoms with Gasteiger partial charge in [-0.1, -0.05) is 74.9 Å². The zero-order chi connectivity index (χ0) is 22.7. The van der Waals surface area contributed by atoms with Gasteiger partial charge in [-0.2, -0.15) is 0 Å². The molecule has 4 aromatic rings. The number of nitrogens with one attached hydrogen (secondary N) is 1. The zero-order valence-electron chi connectivity index (χ0n) is 19.3. The lowest BCUT2D eigenvalue weighted by atomic mass is 9.96. The molecular formula is C28H31N3O. The fourth-order valence-electron chi connectivity index (χ4n) is 4.13. The molecule has 32 heavy (non-hydrogen) atoms. The number of carbonyl (C=O) groups excluding carboxylic acids is 1. The Morgan fingerprint density at radius 2 is 1.62 bits per heavy atom. The van der Waals surface area contributed by atoms with Crippen LogP contribution in [0.4, 0.5) is 5.69 Å². The van der Waals surface area contributed by atoms with E-state index in [1.807, 2.05) is 60.0 Å². The Balaban J connectivity index is 1.62. The molecule has 0 bridgehead atoms. The monoisotopic (exact) mass is 425 g/mol.